The van der Waals surface area contributed by atoms with E-state index in [1.54, 1.807) is 30.1 Å². The molecule has 1 unspecified atom stereocenters. The van der Waals surface area contributed by atoms with Crippen molar-refractivity contribution in [2.75, 3.05) is 6.61 Å². The predicted molar refractivity (Wildman–Crippen MR) is 81.7 cm³/mol. The second-order valence-corrected chi connectivity index (χ2v) is 4.88. The molecule has 0 spiro atoms. The van der Waals surface area contributed by atoms with Crippen LogP contribution in [0.25, 0.3) is 11.5 Å². The minimum absolute atomic E-state index is 0.229. The van der Waals surface area contributed by atoms with Gasteiger partial charge in [0.2, 0.25) is 0 Å². The van der Waals surface area contributed by atoms with Crippen molar-refractivity contribution in [3.8, 4) is 11.5 Å². The van der Waals surface area contributed by atoms with Gasteiger partial charge in [-0.1, -0.05) is 6.07 Å². The number of carbonyl (C=O) groups is 1. The molecule has 0 amide bonds. The molecule has 0 fully saturated rings. The van der Waals surface area contributed by atoms with Gasteiger partial charge in [-0.05, 0) is 26.0 Å². The van der Waals surface area contributed by atoms with E-state index in [1.165, 1.54) is 6.39 Å². The van der Waals surface area contributed by atoms with Crippen LogP contribution in [0, 0.1) is 0 Å². The van der Waals surface area contributed by atoms with E-state index in [2.05, 4.69) is 15.1 Å². The highest BCUT2D eigenvalue weighted by Gasteiger charge is 2.23. The Morgan fingerprint density at radius 1 is 1.43 bits per heavy atom. The zero-order valence-corrected chi connectivity index (χ0v) is 12.8. The van der Waals surface area contributed by atoms with Gasteiger partial charge in [-0.2, -0.15) is 5.10 Å². The summed E-state index contributed by atoms with van der Waals surface area (Å²) in [5, 5.41) is 4.47. The Labute approximate surface area is 132 Å². The van der Waals surface area contributed by atoms with Crippen LogP contribution in [0.3, 0.4) is 0 Å². The highest BCUT2D eigenvalue weighted by molar-refractivity contribution is 5.88. The number of pyridine rings is 1. The number of hydrogen-bond acceptors (Lipinski definition) is 6. The molecule has 23 heavy (non-hydrogen) atoms. The predicted octanol–water partition coefficient (Wildman–Crippen LogP) is 2.72. The molecule has 118 valence electrons. The van der Waals surface area contributed by atoms with Gasteiger partial charge in [0.15, 0.2) is 12.2 Å². The molecule has 3 aromatic heterocycles. The fourth-order valence-electron chi connectivity index (χ4n) is 2.26. The number of aromatic nitrogens is 4. The number of ether oxygens (including phenoxy) is 1. The van der Waals surface area contributed by atoms with E-state index >= 15 is 0 Å². The van der Waals surface area contributed by atoms with Gasteiger partial charge in [0, 0.05) is 12.3 Å². The van der Waals surface area contributed by atoms with Gasteiger partial charge in [0.1, 0.15) is 11.4 Å². The molecule has 0 saturated heterocycles. The van der Waals surface area contributed by atoms with Crippen LogP contribution in [-0.4, -0.2) is 32.3 Å². The van der Waals surface area contributed by atoms with Crippen LogP contribution >= 0.6 is 0 Å². The first kappa shape index (κ1) is 15.0. The lowest BCUT2D eigenvalue weighted by Gasteiger charge is -2.14. The molecule has 7 nitrogen and oxygen atoms in total. The van der Waals surface area contributed by atoms with Crippen LogP contribution in [0.1, 0.15) is 36.1 Å². The molecule has 0 aliphatic rings. The summed E-state index contributed by atoms with van der Waals surface area (Å²) >= 11 is 0. The van der Waals surface area contributed by atoms with Gasteiger partial charge < -0.3 is 9.15 Å². The van der Waals surface area contributed by atoms with Gasteiger partial charge in [0.05, 0.1) is 24.5 Å². The van der Waals surface area contributed by atoms with E-state index < -0.39 is 5.97 Å². The van der Waals surface area contributed by atoms with Crippen molar-refractivity contribution >= 4 is 5.97 Å². The fraction of sp³-hybridized carbons (Fsp3) is 0.250. The van der Waals surface area contributed by atoms with Crippen LogP contribution in [0.4, 0.5) is 0 Å². The van der Waals surface area contributed by atoms with Gasteiger partial charge in [0.25, 0.3) is 0 Å². The quantitative estimate of drug-likeness (QED) is 0.674. The number of carbonyl (C=O) groups excluding carboxylic acids is 1. The van der Waals surface area contributed by atoms with Crippen molar-refractivity contribution in [3.05, 3.63) is 54.4 Å². The van der Waals surface area contributed by atoms with Gasteiger partial charge >= 0.3 is 5.97 Å². The Morgan fingerprint density at radius 2 is 2.30 bits per heavy atom. The zero-order chi connectivity index (χ0) is 16.2. The first-order valence-electron chi connectivity index (χ1n) is 7.27. The third-order valence-corrected chi connectivity index (χ3v) is 3.39. The molecular weight excluding hydrogens is 296 g/mol. The maximum Gasteiger partial charge on any atom is 0.356 e. The Kier molecular flexibility index (Phi) is 4.18. The number of nitrogens with zero attached hydrogens (tertiary/aromatic N) is 4. The van der Waals surface area contributed by atoms with Crippen molar-refractivity contribution in [2.45, 2.75) is 19.9 Å². The normalized spacial score (nSPS) is 12.1. The molecule has 0 saturated carbocycles. The Morgan fingerprint density at radius 3 is 2.96 bits per heavy atom. The molecule has 3 aromatic rings. The maximum atomic E-state index is 12.2. The van der Waals surface area contributed by atoms with Crippen molar-refractivity contribution in [1.82, 2.24) is 19.7 Å². The topological polar surface area (TPSA) is 83.0 Å². The van der Waals surface area contributed by atoms with Crippen LogP contribution < -0.4 is 0 Å². The van der Waals surface area contributed by atoms with E-state index in [9.17, 15) is 4.79 Å². The second-order valence-electron chi connectivity index (χ2n) is 4.88. The minimum atomic E-state index is -0.437. The summed E-state index contributed by atoms with van der Waals surface area (Å²) in [4.78, 5) is 20.4. The van der Waals surface area contributed by atoms with E-state index in [-0.39, 0.29) is 6.04 Å². The lowest BCUT2D eigenvalue weighted by molar-refractivity contribution is 0.0510. The third kappa shape index (κ3) is 2.98. The molecule has 1 atom stereocenters. The first-order chi connectivity index (χ1) is 11.2. The molecule has 0 N–H and O–H groups in total. The van der Waals surface area contributed by atoms with Crippen molar-refractivity contribution < 1.29 is 13.9 Å². The molecule has 7 heteroatoms. The summed E-state index contributed by atoms with van der Waals surface area (Å²) in [6, 6.07) is 7.02. The third-order valence-electron chi connectivity index (χ3n) is 3.39. The van der Waals surface area contributed by atoms with E-state index in [4.69, 9.17) is 9.15 Å². The number of rotatable bonds is 5. The second kappa shape index (κ2) is 6.43. The summed E-state index contributed by atoms with van der Waals surface area (Å²) in [7, 11) is 0. The van der Waals surface area contributed by atoms with Crippen LogP contribution in [0.5, 0.6) is 0 Å². The number of esters is 1. The lowest BCUT2D eigenvalue weighted by atomic mass is 10.2. The lowest BCUT2D eigenvalue weighted by Crippen LogP contribution is -2.18. The van der Waals surface area contributed by atoms with Crippen molar-refractivity contribution in [1.29, 1.82) is 0 Å². The molecule has 0 radical (unpaired) electrons. The van der Waals surface area contributed by atoms with Crippen LogP contribution in [0.2, 0.25) is 0 Å². The molecule has 0 aromatic carbocycles. The Balaban J connectivity index is 2.05. The Bertz CT molecular complexity index is 781. The molecule has 0 bridgehead atoms. The zero-order valence-electron chi connectivity index (χ0n) is 12.8. The number of hydrogen-bond donors (Lipinski definition) is 0. The van der Waals surface area contributed by atoms with Crippen molar-refractivity contribution in [3.63, 3.8) is 0 Å². The van der Waals surface area contributed by atoms with Gasteiger partial charge in [-0.15, -0.1) is 0 Å². The highest BCUT2D eigenvalue weighted by atomic mass is 16.5. The summed E-state index contributed by atoms with van der Waals surface area (Å²) in [5.41, 5.74) is 1.66. The molecule has 0 aliphatic heterocycles. The fourth-order valence-corrected chi connectivity index (χ4v) is 2.26. The first-order valence-corrected chi connectivity index (χ1v) is 7.27. The van der Waals surface area contributed by atoms with Crippen molar-refractivity contribution in [2.24, 2.45) is 0 Å². The average molecular weight is 312 g/mol. The van der Waals surface area contributed by atoms with Gasteiger partial charge in [-0.3, -0.25) is 4.98 Å². The summed E-state index contributed by atoms with van der Waals surface area (Å²) in [6.07, 6.45) is 4.57. The van der Waals surface area contributed by atoms with E-state index in [1.807, 2.05) is 25.1 Å². The monoisotopic (exact) mass is 312 g/mol. The largest absolute Gasteiger partial charge is 0.461 e. The molecule has 3 rings (SSSR count). The van der Waals surface area contributed by atoms with E-state index in [0.717, 1.165) is 5.69 Å². The molecule has 3 heterocycles. The van der Waals surface area contributed by atoms with Gasteiger partial charge in [-0.25, -0.2) is 14.5 Å². The molecular formula is C16H16N4O3. The number of oxazole rings is 1. The smallest absolute Gasteiger partial charge is 0.356 e. The molecule has 0 aliphatic carbocycles. The van der Waals surface area contributed by atoms with E-state index in [0.29, 0.717) is 23.8 Å². The maximum absolute atomic E-state index is 12.2. The Hall–Kier alpha value is -2.96. The highest BCUT2D eigenvalue weighted by Crippen LogP contribution is 2.24. The summed E-state index contributed by atoms with van der Waals surface area (Å²) in [5.74, 6) is 0.0519. The SMILES string of the molecule is CCOC(=O)c1cc(-c2cnco2)nn1C(C)c1ccccn1. The van der Waals surface area contributed by atoms with Crippen LogP contribution in [0.15, 0.2) is 47.5 Å². The summed E-state index contributed by atoms with van der Waals surface area (Å²) < 4.78 is 12.0. The minimum Gasteiger partial charge on any atom is -0.461 e. The average Bonchev–Trinajstić information content (AvgIpc) is 3.24. The standard InChI is InChI=1S/C16H16N4O3/c1-3-22-16(21)14-8-13(15-9-17-10-23-15)19-20(14)11(2)12-6-4-5-7-18-12/h4-11H,3H2,1-2H3. The van der Waals surface area contributed by atoms with Crippen LogP contribution in [-0.2, 0) is 4.74 Å². The summed E-state index contributed by atoms with van der Waals surface area (Å²) in [6.45, 7) is 3.97.